The minimum atomic E-state index is -0.420. The number of carbonyl (C=O) groups is 1. The molecule has 4 nitrogen and oxygen atoms in total. The fourth-order valence-electron chi connectivity index (χ4n) is 2.74. The molecule has 1 unspecified atom stereocenters. The van der Waals surface area contributed by atoms with Crippen molar-refractivity contribution in [3.8, 4) is 0 Å². The number of amides is 1. The Bertz CT molecular complexity index is 280. The van der Waals surface area contributed by atoms with Crippen LogP contribution >= 0.6 is 0 Å². The van der Waals surface area contributed by atoms with Crippen LogP contribution in [0.1, 0.15) is 53.4 Å². The first-order valence-electron chi connectivity index (χ1n) is 7.51. The molecule has 1 amide bonds. The van der Waals surface area contributed by atoms with Crippen molar-refractivity contribution in [2.24, 2.45) is 5.92 Å². The zero-order valence-corrected chi connectivity index (χ0v) is 13.2. The third-order valence-corrected chi connectivity index (χ3v) is 3.69. The van der Waals surface area contributed by atoms with Crippen molar-refractivity contribution in [2.45, 2.75) is 65.0 Å². The molecule has 4 heteroatoms. The van der Waals surface area contributed by atoms with E-state index in [0.717, 1.165) is 38.8 Å². The molecular weight excluding hydrogens is 240 g/mol. The Morgan fingerprint density at radius 3 is 2.42 bits per heavy atom. The summed E-state index contributed by atoms with van der Waals surface area (Å²) in [5.41, 5.74) is -0.420. The molecular formula is C15H30N2O2. The van der Waals surface area contributed by atoms with Gasteiger partial charge in [0.25, 0.3) is 0 Å². The van der Waals surface area contributed by atoms with E-state index in [1.54, 1.807) is 0 Å². The maximum Gasteiger partial charge on any atom is 0.410 e. The lowest BCUT2D eigenvalue weighted by Crippen LogP contribution is -2.47. The number of nitrogens with zero attached hydrogens (tertiary/aromatic N) is 1. The van der Waals surface area contributed by atoms with E-state index in [-0.39, 0.29) is 6.09 Å². The number of ether oxygens (including phenoxy) is 1. The summed E-state index contributed by atoms with van der Waals surface area (Å²) >= 11 is 0. The van der Waals surface area contributed by atoms with E-state index in [9.17, 15) is 4.79 Å². The van der Waals surface area contributed by atoms with Gasteiger partial charge in [0.1, 0.15) is 5.60 Å². The van der Waals surface area contributed by atoms with E-state index in [0.29, 0.717) is 12.0 Å². The van der Waals surface area contributed by atoms with Crippen LogP contribution in [-0.4, -0.2) is 42.8 Å². The molecule has 1 atom stereocenters. The van der Waals surface area contributed by atoms with Crippen LogP contribution in [-0.2, 0) is 4.74 Å². The fraction of sp³-hybridized carbons (Fsp3) is 0.933. The number of nitrogens with one attached hydrogen (secondary N) is 1. The molecule has 1 N–H and O–H groups in total. The zero-order chi connectivity index (χ0) is 14.5. The Labute approximate surface area is 117 Å². The van der Waals surface area contributed by atoms with Crippen LogP contribution in [0, 0.1) is 5.92 Å². The largest absolute Gasteiger partial charge is 0.444 e. The van der Waals surface area contributed by atoms with Crippen LogP contribution in [0.5, 0.6) is 0 Å². The zero-order valence-electron chi connectivity index (χ0n) is 13.2. The van der Waals surface area contributed by atoms with Gasteiger partial charge in [-0.3, -0.25) is 0 Å². The summed E-state index contributed by atoms with van der Waals surface area (Å²) in [5.74, 6) is 0.596. The Hall–Kier alpha value is -0.770. The van der Waals surface area contributed by atoms with Crippen LogP contribution in [0.15, 0.2) is 0 Å². The van der Waals surface area contributed by atoms with Gasteiger partial charge in [-0.2, -0.15) is 0 Å². The smallest absolute Gasteiger partial charge is 0.410 e. The van der Waals surface area contributed by atoms with Gasteiger partial charge < -0.3 is 15.0 Å². The van der Waals surface area contributed by atoms with E-state index in [4.69, 9.17) is 4.74 Å². The molecule has 1 rings (SSSR count). The first kappa shape index (κ1) is 16.3. The predicted octanol–water partition coefficient (Wildman–Crippen LogP) is 3.02. The molecule has 0 saturated carbocycles. The van der Waals surface area contributed by atoms with Crippen molar-refractivity contribution in [2.75, 3.05) is 20.1 Å². The molecule has 1 heterocycles. The Balaban J connectivity index is 2.65. The van der Waals surface area contributed by atoms with Gasteiger partial charge in [0.15, 0.2) is 0 Å². The van der Waals surface area contributed by atoms with Gasteiger partial charge in [-0.15, -0.1) is 0 Å². The lowest BCUT2D eigenvalue weighted by molar-refractivity contribution is 0.0132. The van der Waals surface area contributed by atoms with E-state index in [1.165, 1.54) is 0 Å². The number of carbonyl (C=O) groups excluding carboxylic acids is 1. The summed E-state index contributed by atoms with van der Waals surface area (Å²) in [6, 6.07) is 0.307. The maximum absolute atomic E-state index is 12.2. The molecule has 1 aliphatic heterocycles. The average Bonchev–Trinajstić information content (AvgIpc) is 2.34. The topological polar surface area (TPSA) is 41.6 Å². The van der Waals surface area contributed by atoms with Crippen molar-refractivity contribution < 1.29 is 9.53 Å². The second-order valence-electron chi connectivity index (χ2n) is 6.53. The summed E-state index contributed by atoms with van der Waals surface area (Å²) in [6.07, 6.45) is 4.27. The van der Waals surface area contributed by atoms with Crippen LogP contribution in [0.25, 0.3) is 0 Å². The first-order chi connectivity index (χ1) is 8.85. The number of piperidine rings is 1. The van der Waals surface area contributed by atoms with Crippen LogP contribution in [0.2, 0.25) is 0 Å². The summed E-state index contributed by atoms with van der Waals surface area (Å²) in [7, 11) is 1.89. The molecule has 0 aromatic heterocycles. The van der Waals surface area contributed by atoms with Crippen molar-refractivity contribution >= 4 is 6.09 Å². The van der Waals surface area contributed by atoms with Crippen molar-refractivity contribution in [3.05, 3.63) is 0 Å². The van der Waals surface area contributed by atoms with Gasteiger partial charge >= 0.3 is 6.09 Å². The van der Waals surface area contributed by atoms with Crippen LogP contribution in [0.3, 0.4) is 0 Å². The Morgan fingerprint density at radius 2 is 1.95 bits per heavy atom. The molecule has 0 bridgehead atoms. The Kier molecular flexibility index (Phi) is 6.11. The molecule has 1 fully saturated rings. The minimum absolute atomic E-state index is 0.190. The second kappa shape index (κ2) is 7.13. The van der Waals surface area contributed by atoms with E-state index in [2.05, 4.69) is 12.2 Å². The molecule has 19 heavy (non-hydrogen) atoms. The summed E-state index contributed by atoms with van der Waals surface area (Å²) in [5, 5.41) is 3.38. The maximum atomic E-state index is 12.2. The van der Waals surface area contributed by atoms with Gasteiger partial charge in [-0.1, -0.05) is 13.3 Å². The lowest BCUT2D eigenvalue weighted by Gasteiger charge is -2.37. The normalized spacial score (nSPS) is 19.0. The highest BCUT2D eigenvalue weighted by Gasteiger charge is 2.31. The minimum Gasteiger partial charge on any atom is -0.444 e. The molecule has 0 radical (unpaired) electrons. The highest BCUT2D eigenvalue weighted by atomic mass is 16.6. The summed E-state index contributed by atoms with van der Waals surface area (Å²) in [4.78, 5) is 14.0. The number of hydrogen-bond acceptors (Lipinski definition) is 3. The third-order valence-electron chi connectivity index (χ3n) is 3.69. The molecule has 112 valence electrons. The van der Waals surface area contributed by atoms with E-state index in [1.807, 2.05) is 32.7 Å². The molecule has 1 saturated heterocycles. The molecule has 0 aromatic rings. The molecule has 0 aromatic carbocycles. The van der Waals surface area contributed by atoms with E-state index < -0.39 is 5.60 Å². The quantitative estimate of drug-likeness (QED) is 0.854. The van der Waals surface area contributed by atoms with Crippen LogP contribution < -0.4 is 5.32 Å². The first-order valence-corrected chi connectivity index (χ1v) is 7.51. The average molecular weight is 270 g/mol. The second-order valence-corrected chi connectivity index (χ2v) is 6.53. The van der Waals surface area contributed by atoms with Gasteiger partial charge in [0.2, 0.25) is 0 Å². The van der Waals surface area contributed by atoms with Gasteiger partial charge in [0, 0.05) is 13.1 Å². The standard InChI is InChI=1S/C15H30N2O2/c1-6-7-13(12-8-10-16-11-9-12)17(5)14(18)19-15(2,3)4/h12-13,16H,6-11H2,1-5H3. The van der Waals surface area contributed by atoms with Gasteiger partial charge in [-0.05, 0) is 59.0 Å². The monoisotopic (exact) mass is 270 g/mol. The van der Waals surface area contributed by atoms with Gasteiger partial charge in [-0.25, -0.2) is 4.79 Å². The lowest BCUT2D eigenvalue weighted by atomic mass is 9.87. The number of rotatable bonds is 4. The third kappa shape index (κ3) is 5.39. The van der Waals surface area contributed by atoms with Crippen LogP contribution in [0.4, 0.5) is 4.79 Å². The molecule has 1 aliphatic rings. The summed E-state index contributed by atoms with van der Waals surface area (Å²) in [6.45, 7) is 10.0. The highest BCUT2D eigenvalue weighted by Crippen LogP contribution is 2.25. The predicted molar refractivity (Wildman–Crippen MR) is 78.3 cm³/mol. The Morgan fingerprint density at radius 1 is 1.37 bits per heavy atom. The van der Waals surface area contributed by atoms with Crippen molar-refractivity contribution in [3.63, 3.8) is 0 Å². The SMILES string of the molecule is CCCC(C1CCNCC1)N(C)C(=O)OC(C)(C)C. The highest BCUT2D eigenvalue weighted by molar-refractivity contribution is 5.68. The van der Waals surface area contributed by atoms with Crippen molar-refractivity contribution in [1.29, 1.82) is 0 Å². The summed E-state index contributed by atoms with van der Waals surface area (Å²) < 4.78 is 5.49. The molecule has 0 spiro atoms. The van der Waals surface area contributed by atoms with E-state index >= 15 is 0 Å². The fourth-order valence-corrected chi connectivity index (χ4v) is 2.74. The van der Waals surface area contributed by atoms with Gasteiger partial charge in [0.05, 0.1) is 0 Å². The number of hydrogen-bond donors (Lipinski definition) is 1. The van der Waals surface area contributed by atoms with Crippen molar-refractivity contribution in [1.82, 2.24) is 10.2 Å². The molecule has 0 aliphatic carbocycles.